The zero-order valence-electron chi connectivity index (χ0n) is 11.1. The molecule has 0 radical (unpaired) electrons. The van der Waals surface area contributed by atoms with Crippen molar-refractivity contribution < 1.29 is 22.3 Å². The predicted molar refractivity (Wildman–Crippen MR) is 71.7 cm³/mol. The molecule has 0 aliphatic carbocycles. The molecule has 0 bridgehead atoms. The summed E-state index contributed by atoms with van der Waals surface area (Å²) in [6.07, 6.45) is 0.435. The molecule has 1 saturated heterocycles. The molecule has 1 aromatic rings. The van der Waals surface area contributed by atoms with Crippen LogP contribution >= 0.6 is 0 Å². The third-order valence-corrected chi connectivity index (χ3v) is 5.09. The highest BCUT2D eigenvalue weighted by Gasteiger charge is 2.32. The van der Waals surface area contributed by atoms with Crippen molar-refractivity contribution in [2.45, 2.75) is 12.5 Å². The van der Waals surface area contributed by atoms with Gasteiger partial charge < -0.3 is 9.64 Å². The van der Waals surface area contributed by atoms with E-state index in [9.17, 15) is 17.6 Å². The first-order valence-corrected chi connectivity index (χ1v) is 8.04. The molecule has 0 saturated carbocycles. The van der Waals surface area contributed by atoms with Crippen LogP contribution in [0.4, 0.5) is 4.39 Å². The topological polar surface area (TPSA) is 63.7 Å². The molecule has 1 heterocycles. The van der Waals surface area contributed by atoms with E-state index in [0.29, 0.717) is 6.42 Å². The van der Waals surface area contributed by atoms with Crippen molar-refractivity contribution in [2.75, 3.05) is 25.2 Å². The van der Waals surface area contributed by atoms with Gasteiger partial charge in [-0.05, 0) is 18.6 Å². The van der Waals surface area contributed by atoms with Crippen LogP contribution in [0.3, 0.4) is 0 Å². The number of nitrogens with zero attached hydrogens (tertiary/aromatic N) is 1. The quantitative estimate of drug-likeness (QED) is 0.827. The third kappa shape index (κ3) is 3.47. The minimum absolute atomic E-state index is 0.00768. The first-order chi connectivity index (χ1) is 9.39. The molecule has 1 amide bonds. The molecular formula is C13H16FNO4S. The van der Waals surface area contributed by atoms with Gasteiger partial charge in [-0.3, -0.25) is 4.79 Å². The number of halogens is 1. The van der Waals surface area contributed by atoms with Crippen molar-refractivity contribution in [3.05, 3.63) is 30.1 Å². The Balaban J connectivity index is 1.91. The van der Waals surface area contributed by atoms with Gasteiger partial charge in [0.25, 0.3) is 5.91 Å². The first-order valence-electron chi connectivity index (χ1n) is 6.22. The zero-order chi connectivity index (χ0) is 14.8. The molecule has 5 nitrogen and oxygen atoms in total. The lowest BCUT2D eigenvalue weighted by Gasteiger charge is -2.23. The lowest BCUT2D eigenvalue weighted by atomic mass is 10.2. The average molecular weight is 301 g/mol. The van der Waals surface area contributed by atoms with Crippen LogP contribution in [-0.2, 0) is 14.6 Å². The van der Waals surface area contributed by atoms with Gasteiger partial charge in [0.15, 0.2) is 28.0 Å². The molecule has 1 aromatic carbocycles. The first kappa shape index (κ1) is 14.8. The van der Waals surface area contributed by atoms with Crippen LogP contribution in [0, 0.1) is 5.82 Å². The van der Waals surface area contributed by atoms with Crippen LogP contribution in [0.5, 0.6) is 5.75 Å². The molecule has 20 heavy (non-hydrogen) atoms. The summed E-state index contributed by atoms with van der Waals surface area (Å²) in [6.45, 7) is -0.312. The van der Waals surface area contributed by atoms with Crippen molar-refractivity contribution in [3.63, 3.8) is 0 Å². The molecule has 7 heteroatoms. The van der Waals surface area contributed by atoms with E-state index in [2.05, 4.69) is 0 Å². The number of benzene rings is 1. The summed E-state index contributed by atoms with van der Waals surface area (Å²) < 4.78 is 41.2. The number of carbonyl (C=O) groups is 1. The number of amides is 1. The SMILES string of the molecule is CN(C(=O)COc1ccccc1F)C1CCS(=O)(=O)C1. The number of likely N-dealkylation sites (N-methyl/N-ethyl adjacent to an activating group) is 1. The number of para-hydroxylation sites is 1. The Morgan fingerprint density at radius 2 is 2.15 bits per heavy atom. The standard InChI is InChI=1S/C13H16FNO4S/c1-15(10-6-7-20(17,18)9-10)13(16)8-19-12-5-3-2-4-11(12)14/h2-5,10H,6-9H2,1H3. The van der Waals surface area contributed by atoms with Crippen LogP contribution in [0.15, 0.2) is 24.3 Å². The fourth-order valence-corrected chi connectivity index (χ4v) is 3.86. The van der Waals surface area contributed by atoms with Gasteiger partial charge in [0.05, 0.1) is 11.5 Å². The smallest absolute Gasteiger partial charge is 0.260 e. The van der Waals surface area contributed by atoms with Gasteiger partial charge in [0.1, 0.15) is 0 Å². The molecule has 1 fully saturated rings. The zero-order valence-corrected chi connectivity index (χ0v) is 11.9. The molecule has 1 atom stereocenters. The highest BCUT2D eigenvalue weighted by Crippen LogP contribution is 2.18. The third-order valence-electron chi connectivity index (χ3n) is 3.34. The van der Waals surface area contributed by atoms with E-state index in [1.807, 2.05) is 0 Å². The van der Waals surface area contributed by atoms with Crippen LogP contribution < -0.4 is 4.74 Å². The number of hydrogen-bond donors (Lipinski definition) is 0. The molecule has 2 rings (SSSR count). The summed E-state index contributed by atoms with van der Waals surface area (Å²) in [5.74, 6) is -0.812. The van der Waals surface area contributed by atoms with Gasteiger partial charge in [-0.2, -0.15) is 0 Å². The molecule has 0 spiro atoms. The van der Waals surface area contributed by atoms with E-state index in [-0.39, 0.29) is 35.8 Å². The highest BCUT2D eigenvalue weighted by molar-refractivity contribution is 7.91. The summed E-state index contributed by atoms with van der Waals surface area (Å²) in [5, 5.41) is 0. The summed E-state index contributed by atoms with van der Waals surface area (Å²) >= 11 is 0. The van der Waals surface area contributed by atoms with Crippen LogP contribution in [0.1, 0.15) is 6.42 Å². The molecule has 110 valence electrons. The fraction of sp³-hybridized carbons (Fsp3) is 0.462. The van der Waals surface area contributed by atoms with E-state index >= 15 is 0 Å². The summed E-state index contributed by atoms with van der Waals surface area (Å²) in [4.78, 5) is 13.3. The Labute approximate surface area is 117 Å². The van der Waals surface area contributed by atoms with Gasteiger partial charge in [0, 0.05) is 13.1 Å². The van der Waals surface area contributed by atoms with Crippen molar-refractivity contribution in [3.8, 4) is 5.75 Å². The van der Waals surface area contributed by atoms with Gasteiger partial charge in [0.2, 0.25) is 0 Å². The molecular weight excluding hydrogens is 285 g/mol. The van der Waals surface area contributed by atoms with Crippen LogP contribution in [-0.4, -0.2) is 50.4 Å². The summed E-state index contributed by atoms with van der Waals surface area (Å²) in [5.41, 5.74) is 0. The summed E-state index contributed by atoms with van der Waals surface area (Å²) in [6, 6.07) is 5.49. The van der Waals surface area contributed by atoms with Gasteiger partial charge >= 0.3 is 0 Å². The second kappa shape index (κ2) is 5.78. The normalized spacial score (nSPS) is 20.6. The Morgan fingerprint density at radius 3 is 2.75 bits per heavy atom. The van der Waals surface area contributed by atoms with E-state index in [0.717, 1.165) is 0 Å². The monoisotopic (exact) mass is 301 g/mol. The van der Waals surface area contributed by atoms with Crippen molar-refractivity contribution in [1.29, 1.82) is 0 Å². The number of sulfone groups is 1. The Morgan fingerprint density at radius 1 is 1.45 bits per heavy atom. The average Bonchev–Trinajstić information content (AvgIpc) is 2.77. The van der Waals surface area contributed by atoms with Crippen molar-refractivity contribution in [1.82, 2.24) is 4.90 Å². The second-order valence-electron chi connectivity index (χ2n) is 4.78. The Kier molecular flexibility index (Phi) is 4.27. The van der Waals surface area contributed by atoms with E-state index in [4.69, 9.17) is 4.74 Å². The number of ether oxygens (including phenoxy) is 1. The van der Waals surface area contributed by atoms with Crippen LogP contribution in [0.25, 0.3) is 0 Å². The molecule has 1 unspecified atom stereocenters. The predicted octanol–water partition coefficient (Wildman–Crippen LogP) is 0.850. The summed E-state index contributed by atoms with van der Waals surface area (Å²) in [7, 11) is -1.50. The van der Waals surface area contributed by atoms with E-state index in [1.54, 1.807) is 13.1 Å². The van der Waals surface area contributed by atoms with Crippen LogP contribution in [0.2, 0.25) is 0 Å². The van der Waals surface area contributed by atoms with E-state index in [1.165, 1.54) is 23.1 Å². The molecule has 0 aromatic heterocycles. The fourth-order valence-electron chi connectivity index (χ4n) is 2.09. The lowest BCUT2D eigenvalue weighted by molar-refractivity contribution is -0.133. The maximum atomic E-state index is 13.3. The number of carbonyl (C=O) groups excluding carboxylic acids is 1. The minimum Gasteiger partial charge on any atom is -0.481 e. The lowest BCUT2D eigenvalue weighted by Crippen LogP contribution is -2.40. The second-order valence-corrected chi connectivity index (χ2v) is 7.01. The van der Waals surface area contributed by atoms with Crippen molar-refractivity contribution >= 4 is 15.7 Å². The highest BCUT2D eigenvalue weighted by atomic mass is 32.2. The van der Waals surface area contributed by atoms with Gasteiger partial charge in [-0.25, -0.2) is 12.8 Å². The van der Waals surface area contributed by atoms with Gasteiger partial charge in [-0.15, -0.1) is 0 Å². The number of rotatable bonds is 4. The largest absolute Gasteiger partial charge is 0.481 e. The molecule has 0 N–H and O–H groups in total. The Hall–Kier alpha value is -1.63. The minimum atomic E-state index is -3.04. The Bertz CT molecular complexity index is 602. The van der Waals surface area contributed by atoms with E-state index < -0.39 is 15.7 Å². The molecule has 1 aliphatic heterocycles. The number of hydrogen-bond acceptors (Lipinski definition) is 4. The van der Waals surface area contributed by atoms with Crippen molar-refractivity contribution in [2.24, 2.45) is 0 Å². The maximum absolute atomic E-state index is 13.3. The van der Waals surface area contributed by atoms with Gasteiger partial charge in [-0.1, -0.05) is 12.1 Å². The maximum Gasteiger partial charge on any atom is 0.260 e. The molecule has 1 aliphatic rings.